The van der Waals surface area contributed by atoms with Gasteiger partial charge in [0.1, 0.15) is 16.1 Å². The predicted octanol–water partition coefficient (Wildman–Crippen LogP) is 1.60. The van der Waals surface area contributed by atoms with Gasteiger partial charge in [0, 0.05) is 12.6 Å². The second-order valence-corrected chi connectivity index (χ2v) is 3.35. The fourth-order valence-electron chi connectivity index (χ4n) is 1.63. The van der Waals surface area contributed by atoms with Crippen molar-refractivity contribution in [1.29, 1.82) is 0 Å². The minimum Gasteiger partial charge on any atom is -0.244 e. The SMILES string of the molecule is CCc1c2c(Cl)nccc2[nH][n+]1C. The van der Waals surface area contributed by atoms with Crippen LogP contribution in [0.2, 0.25) is 5.15 Å². The van der Waals surface area contributed by atoms with Crippen LogP contribution in [0, 0.1) is 0 Å². The third kappa shape index (κ3) is 1.20. The van der Waals surface area contributed by atoms with Crippen molar-refractivity contribution in [3.05, 3.63) is 23.1 Å². The maximum Gasteiger partial charge on any atom is 0.218 e. The lowest BCUT2D eigenvalue weighted by molar-refractivity contribution is -0.731. The molecule has 0 aliphatic heterocycles. The number of aromatic amines is 1. The summed E-state index contributed by atoms with van der Waals surface area (Å²) in [5, 5.41) is 4.82. The molecule has 0 amide bonds. The summed E-state index contributed by atoms with van der Waals surface area (Å²) in [6.45, 7) is 2.10. The number of halogens is 1. The van der Waals surface area contributed by atoms with Gasteiger partial charge in [0.25, 0.3) is 0 Å². The predicted molar refractivity (Wildman–Crippen MR) is 51.7 cm³/mol. The monoisotopic (exact) mass is 196 g/mol. The third-order valence-electron chi connectivity index (χ3n) is 2.22. The second-order valence-electron chi connectivity index (χ2n) is 3.00. The fraction of sp³-hybridized carbons (Fsp3) is 0.333. The van der Waals surface area contributed by atoms with Crippen LogP contribution in [0.1, 0.15) is 12.6 Å². The second kappa shape index (κ2) is 3.00. The lowest BCUT2D eigenvalue weighted by atomic mass is 10.2. The number of fused-ring (bicyclic) bond motifs is 1. The van der Waals surface area contributed by atoms with Crippen LogP contribution in [0.15, 0.2) is 12.3 Å². The van der Waals surface area contributed by atoms with Crippen LogP contribution in [0.4, 0.5) is 0 Å². The van der Waals surface area contributed by atoms with Gasteiger partial charge in [-0.3, -0.25) is 0 Å². The van der Waals surface area contributed by atoms with E-state index in [2.05, 4.69) is 17.0 Å². The molecule has 2 aromatic rings. The molecule has 0 saturated carbocycles. The number of H-pyrrole nitrogens is 1. The first-order valence-corrected chi connectivity index (χ1v) is 4.63. The van der Waals surface area contributed by atoms with Crippen LogP contribution in [-0.4, -0.2) is 10.1 Å². The van der Waals surface area contributed by atoms with E-state index in [1.165, 1.54) is 5.69 Å². The molecule has 2 heterocycles. The maximum atomic E-state index is 6.01. The number of hydrogen-bond donors (Lipinski definition) is 1. The Labute approximate surface area is 81.3 Å². The smallest absolute Gasteiger partial charge is 0.218 e. The largest absolute Gasteiger partial charge is 0.244 e. The van der Waals surface area contributed by atoms with Gasteiger partial charge in [-0.05, 0) is 6.07 Å². The average Bonchev–Trinajstić information content (AvgIpc) is 2.42. The number of nitrogens with one attached hydrogen (secondary N) is 1. The Kier molecular flexibility index (Phi) is 1.96. The highest BCUT2D eigenvalue weighted by Gasteiger charge is 2.17. The topological polar surface area (TPSA) is 32.6 Å². The van der Waals surface area contributed by atoms with Crippen LogP contribution in [-0.2, 0) is 13.5 Å². The molecule has 0 atom stereocenters. The average molecular weight is 197 g/mol. The Morgan fingerprint density at radius 1 is 1.62 bits per heavy atom. The third-order valence-corrected chi connectivity index (χ3v) is 2.51. The van der Waals surface area contributed by atoms with Gasteiger partial charge in [0.05, 0.1) is 0 Å². The van der Waals surface area contributed by atoms with Gasteiger partial charge >= 0.3 is 0 Å². The summed E-state index contributed by atoms with van der Waals surface area (Å²) in [5.41, 5.74) is 2.23. The molecule has 0 aromatic carbocycles. The molecule has 2 rings (SSSR count). The zero-order valence-electron chi connectivity index (χ0n) is 7.63. The molecular formula is C9H11ClN3+. The molecule has 0 unspecified atom stereocenters. The molecule has 0 fully saturated rings. The van der Waals surface area contributed by atoms with Gasteiger partial charge in [-0.25, -0.2) is 4.98 Å². The Morgan fingerprint density at radius 3 is 3.08 bits per heavy atom. The highest BCUT2D eigenvalue weighted by Crippen LogP contribution is 2.21. The van der Waals surface area contributed by atoms with E-state index in [1.54, 1.807) is 6.20 Å². The number of aryl methyl sites for hydroxylation is 2. The van der Waals surface area contributed by atoms with E-state index in [0.717, 1.165) is 17.3 Å². The molecule has 0 spiro atoms. The molecule has 4 heteroatoms. The summed E-state index contributed by atoms with van der Waals surface area (Å²) in [5.74, 6) is 0. The summed E-state index contributed by atoms with van der Waals surface area (Å²) in [6.07, 6.45) is 2.66. The Balaban J connectivity index is 2.88. The van der Waals surface area contributed by atoms with E-state index in [-0.39, 0.29) is 0 Å². The Hall–Kier alpha value is -1.09. The molecule has 0 radical (unpaired) electrons. The minimum atomic E-state index is 0.575. The molecular weight excluding hydrogens is 186 g/mol. The highest BCUT2D eigenvalue weighted by molar-refractivity contribution is 6.34. The number of aromatic nitrogens is 3. The van der Waals surface area contributed by atoms with Crippen LogP contribution in [0.25, 0.3) is 10.9 Å². The molecule has 0 bridgehead atoms. The van der Waals surface area contributed by atoms with E-state index in [9.17, 15) is 0 Å². The first-order valence-electron chi connectivity index (χ1n) is 4.25. The Bertz CT molecular complexity index is 447. The molecule has 0 saturated heterocycles. The van der Waals surface area contributed by atoms with Crippen LogP contribution >= 0.6 is 11.6 Å². The summed E-state index contributed by atoms with van der Waals surface area (Å²) in [7, 11) is 1.98. The molecule has 3 nitrogen and oxygen atoms in total. The molecule has 13 heavy (non-hydrogen) atoms. The van der Waals surface area contributed by atoms with Crippen molar-refractivity contribution in [1.82, 2.24) is 10.1 Å². The van der Waals surface area contributed by atoms with E-state index < -0.39 is 0 Å². The standard InChI is InChI=1S/C9H10ClN3/c1-3-7-8-6(12-13(7)2)4-5-11-9(8)10/h4-5H,3H2,1-2H3/p+1. The lowest BCUT2D eigenvalue weighted by Gasteiger charge is -1.90. The minimum absolute atomic E-state index is 0.575. The molecule has 2 aromatic heterocycles. The van der Waals surface area contributed by atoms with Gasteiger partial charge < -0.3 is 0 Å². The normalized spacial score (nSPS) is 11.0. The number of pyridine rings is 1. The van der Waals surface area contributed by atoms with Gasteiger partial charge in [-0.15, -0.1) is 4.68 Å². The van der Waals surface area contributed by atoms with Crippen molar-refractivity contribution in [2.45, 2.75) is 13.3 Å². The molecule has 0 aliphatic rings. The number of rotatable bonds is 1. The lowest BCUT2D eigenvalue weighted by Crippen LogP contribution is -2.33. The Morgan fingerprint density at radius 2 is 2.38 bits per heavy atom. The molecule has 0 aliphatic carbocycles. The summed E-state index contributed by atoms with van der Waals surface area (Å²) >= 11 is 6.01. The zero-order valence-corrected chi connectivity index (χ0v) is 8.39. The molecule has 68 valence electrons. The fourth-order valence-corrected chi connectivity index (χ4v) is 1.90. The zero-order chi connectivity index (χ0) is 9.42. The van der Waals surface area contributed by atoms with Crippen LogP contribution < -0.4 is 4.68 Å². The quantitative estimate of drug-likeness (QED) is 0.546. The maximum absolute atomic E-state index is 6.01. The van der Waals surface area contributed by atoms with Crippen LogP contribution in [0.3, 0.4) is 0 Å². The first-order chi connectivity index (χ1) is 6.24. The van der Waals surface area contributed by atoms with Gasteiger partial charge in [-0.1, -0.05) is 18.5 Å². The van der Waals surface area contributed by atoms with Crippen molar-refractivity contribution in [2.75, 3.05) is 0 Å². The van der Waals surface area contributed by atoms with Gasteiger partial charge in [-0.2, -0.15) is 5.10 Å². The van der Waals surface area contributed by atoms with Crippen molar-refractivity contribution in [2.24, 2.45) is 7.05 Å². The number of nitrogens with zero attached hydrogens (tertiary/aromatic N) is 2. The number of hydrogen-bond acceptors (Lipinski definition) is 1. The van der Waals surface area contributed by atoms with Crippen LogP contribution in [0.5, 0.6) is 0 Å². The van der Waals surface area contributed by atoms with Crippen molar-refractivity contribution in [3.63, 3.8) is 0 Å². The highest BCUT2D eigenvalue weighted by atomic mass is 35.5. The summed E-state index contributed by atoms with van der Waals surface area (Å²) < 4.78 is 1.98. The van der Waals surface area contributed by atoms with E-state index >= 15 is 0 Å². The summed E-state index contributed by atoms with van der Waals surface area (Å²) in [6, 6.07) is 1.93. The van der Waals surface area contributed by atoms with E-state index in [4.69, 9.17) is 11.6 Å². The summed E-state index contributed by atoms with van der Waals surface area (Å²) in [4.78, 5) is 4.06. The van der Waals surface area contributed by atoms with Gasteiger partial charge in [0.2, 0.25) is 5.69 Å². The molecule has 1 N–H and O–H groups in total. The van der Waals surface area contributed by atoms with E-state index in [0.29, 0.717) is 5.15 Å². The van der Waals surface area contributed by atoms with E-state index in [1.807, 2.05) is 17.8 Å². The van der Waals surface area contributed by atoms with Gasteiger partial charge in [0.15, 0.2) is 7.05 Å². The van der Waals surface area contributed by atoms with Crippen molar-refractivity contribution >= 4 is 22.5 Å². The van der Waals surface area contributed by atoms with Crippen molar-refractivity contribution < 1.29 is 4.68 Å². The first kappa shape index (κ1) is 8.51. The van der Waals surface area contributed by atoms with Crippen molar-refractivity contribution in [3.8, 4) is 0 Å².